The Morgan fingerprint density at radius 2 is 2.03 bits per heavy atom. The third-order valence-corrected chi connectivity index (χ3v) is 7.33. The standard InChI is InChI=1S/C26H29BrClN3O4/c1-4-22(30-12-6-8-18(15-30)31-14-16(2)25(32)29-26(31)33)20-10-11-21(27)24(23(20)34-3)35-19-9-5-7-17(28)13-19/h5,7,9-11,13-14,18,22H,4,6,8,12,15H2,1-3H3,(H,29,32,33)/t18-,22?/m0/s1. The van der Waals surface area contributed by atoms with Crippen molar-refractivity contribution in [1.82, 2.24) is 14.5 Å². The van der Waals surface area contributed by atoms with E-state index in [1.807, 2.05) is 18.2 Å². The summed E-state index contributed by atoms with van der Waals surface area (Å²) in [5, 5.41) is 0.590. The molecule has 186 valence electrons. The highest BCUT2D eigenvalue weighted by atomic mass is 79.9. The Hall–Kier alpha value is -2.55. The molecule has 0 saturated carbocycles. The van der Waals surface area contributed by atoms with E-state index in [1.54, 1.807) is 36.9 Å². The van der Waals surface area contributed by atoms with Gasteiger partial charge in [-0.2, -0.15) is 0 Å². The molecule has 0 radical (unpaired) electrons. The van der Waals surface area contributed by atoms with Crippen LogP contribution < -0.4 is 20.7 Å². The van der Waals surface area contributed by atoms with E-state index in [0.29, 0.717) is 34.4 Å². The molecule has 1 unspecified atom stereocenters. The molecule has 4 rings (SSSR count). The first kappa shape index (κ1) is 25.5. The Kier molecular flexibility index (Phi) is 8.04. The number of rotatable bonds is 7. The van der Waals surface area contributed by atoms with Crippen molar-refractivity contribution < 1.29 is 9.47 Å². The van der Waals surface area contributed by atoms with E-state index >= 15 is 0 Å². The van der Waals surface area contributed by atoms with Crippen LogP contribution in [0.15, 0.2) is 56.7 Å². The summed E-state index contributed by atoms with van der Waals surface area (Å²) in [7, 11) is 1.64. The second kappa shape index (κ2) is 11.0. The number of aromatic amines is 1. The van der Waals surface area contributed by atoms with E-state index < -0.39 is 0 Å². The third kappa shape index (κ3) is 5.50. The number of halogens is 2. The summed E-state index contributed by atoms with van der Waals surface area (Å²) >= 11 is 9.76. The predicted octanol–water partition coefficient (Wildman–Crippen LogP) is 5.85. The van der Waals surface area contributed by atoms with E-state index in [0.717, 1.165) is 35.8 Å². The van der Waals surface area contributed by atoms with Gasteiger partial charge in [0.15, 0.2) is 11.5 Å². The molecule has 35 heavy (non-hydrogen) atoms. The number of hydrogen-bond donors (Lipinski definition) is 1. The van der Waals surface area contributed by atoms with Crippen LogP contribution in [0.1, 0.15) is 49.4 Å². The molecule has 1 aromatic heterocycles. The number of benzene rings is 2. The van der Waals surface area contributed by atoms with Crippen LogP contribution in [0.2, 0.25) is 5.02 Å². The molecule has 1 aliphatic rings. The molecule has 3 aromatic rings. The number of hydrogen-bond acceptors (Lipinski definition) is 5. The minimum Gasteiger partial charge on any atom is -0.492 e. The monoisotopic (exact) mass is 561 g/mol. The number of aryl methyl sites for hydroxylation is 1. The van der Waals surface area contributed by atoms with Crippen molar-refractivity contribution in [3.05, 3.63) is 84.1 Å². The van der Waals surface area contributed by atoms with Gasteiger partial charge in [0.1, 0.15) is 5.75 Å². The SMILES string of the molecule is CCC(c1ccc(Br)c(Oc2cccc(Cl)c2)c1OC)N1CCC[C@H](n2cc(C)c(=O)[nH]c2=O)C1. The molecule has 2 heterocycles. The Labute approximate surface area is 217 Å². The average Bonchev–Trinajstić information content (AvgIpc) is 2.84. The zero-order valence-electron chi connectivity index (χ0n) is 20.0. The van der Waals surface area contributed by atoms with Gasteiger partial charge in [-0.05, 0) is 72.9 Å². The van der Waals surface area contributed by atoms with Gasteiger partial charge < -0.3 is 9.47 Å². The first-order valence-electron chi connectivity index (χ1n) is 11.7. The van der Waals surface area contributed by atoms with Crippen molar-refractivity contribution in [3.8, 4) is 17.2 Å². The maximum Gasteiger partial charge on any atom is 0.328 e. The van der Waals surface area contributed by atoms with Crippen molar-refractivity contribution >= 4 is 27.5 Å². The topological polar surface area (TPSA) is 76.6 Å². The number of H-pyrrole nitrogens is 1. The predicted molar refractivity (Wildman–Crippen MR) is 141 cm³/mol. The van der Waals surface area contributed by atoms with E-state index in [9.17, 15) is 9.59 Å². The van der Waals surface area contributed by atoms with Crippen LogP contribution >= 0.6 is 27.5 Å². The summed E-state index contributed by atoms with van der Waals surface area (Å²) in [6, 6.07) is 11.3. The first-order chi connectivity index (χ1) is 16.8. The summed E-state index contributed by atoms with van der Waals surface area (Å²) in [6.07, 6.45) is 4.34. The third-order valence-electron chi connectivity index (χ3n) is 6.47. The largest absolute Gasteiger partial charge is 0.492 e. The van der Waals surface area contributed by atoms with E-state index in [4.69, 9.17) is 21.1 Å². The summed E-state index contributed by atoms with van der Waals surface area (Å²) in [5.74, 6) is 1.87. The second-order valence-corrected chi connectivity index (χ2v) is 10.0. The van der Waals surface area contributed by atoms with Crippen LogP contribution in [0, 0.1) is 6.92 Å². The Morgan fingerprint density at radius 1 is 1.23 bits per heavy atom. The minimum absolute atomic E-state index is 0.0236. The maximum absolute atomic E-state index is 12.5. The molecular weight excluding hydrogens is 534 g/mol. The van der Waals surface area contributed by atoms with E-state index in [1.165, 1.54) is 0 Å². The summed E-state index contributed by atoms with van der Waals surface area (Å²) in [4.78, 5) is 29.2. The lowest BCUT2D eigenvalue weighted by Gasteiger charge is -2.39. The van der Waals surface area contributed by atoms with Gasteiger partial charge in [0, 0.05) is 34.9 Å². The fraction of sp³-hybridized carbons (Fsp3) is 0.385. The number of likely N-dealkylation sites (tertiary alicyclic amines) is 1. The molecule has 0 spiro atoms. The van der Waals surface area contributed by atoms with Gasteiger partial charge in [-0.15, -0.1) is 0 Å². The van der Waals surface area contributed by atoms with Crippen LogP contribution in [-0.4, -0.2) is 34.7 Å². The number of piperidine rings is 1. The molecule has 1 fully saturated rings. The van der Waals surface area contributed by atoms with Crippen molar-refractivity contribution in [2.75, 3.05) is 20.2 Å². The van der Waals surface area contributed by atoms with Crippen molar-refractivity contribution in [1.29, 1.82) is 0 Å². The lowest BCUT2D eigenvalue weighted by molar-refractivity contribution is 0.118. The van der Waals surface area contributed by atoms with Crippen LogP contribution in [0.25, 0.3) is 0 Å². The van der Waals surface area contributed by atoms with Crippen LogP contribution in [-0.2, 0) is 0 Å². The molecule has 1 saturated heterocycles. The van der Waals surface area contributed by atoms with Crippen molar-refractivity contribution in [2.45, 2.75) is 45.2 Å². The Balaban J connectivity index is 1.67. The molecule has 7 nitrogen and oxygen atoms in total. The summed E-state index contributed by atoms with van der Waals surface area (Å²) in [5.41, 5.74) is 0.850. The normalized spacial score (nSPS) is 17.2. The molecule has 9 heteroatoms. The van der Waals surface area contributed by atoms with Gasteiger partial charge >= 0.3 is 5.69 Å². The zero-order chi connectivity index (χ0) is 25.1. The van der Waals surface area contributed by atoms with Crippen molar-refractivity contribution in [3.63, 3.8) is 0 Å². The van der Waals surface area contributed by atoms with Gasteiger partial charge in [-0.1, -0.05) is 30.7 Å². The molecule has 2 aromatic carbocycles. The van der Waals surface area contributed by atoms with E-state index in [-0.39, 0.29) is 23.3 Å². The zero-order valence-corrected chi connectivity index (χ0v) is 22.4. The summed E-state index contributed by atoms with van der Waals surface area (Å²) in [6.45, 7) is 5.45. The highest BCUT2D eigenvalue weighted by molar-refractivity contribution is 9.10. The summed E-state index contributed by atoms with van der Waals surface area (Å²) < 4.78 is 14.5. The molecule has 0 bridgehead atoms. The fourth-order valence-corrected chi connectivity index (χ4v) is 5.37. The van der Waals surface area contributed by atoms with Gasteiger partial charge in [0.05, 0.1) is 17.6 Å². The lowest BCUT2D eigenvalue weighted by atomic mass is 9.96. The highest BCUT2D eigenvalue weighted by Gasteiger charge is 2.30. The maximum atomic E-state index is 12.5. The van der Waals surface area contributed by atoms with Gasteiger partial charge in [-0.3, -0.25) is 19.2 Å². The smallest absolute Gasteiger partial charge is 0.328 e. The number of nitrogens with one attached hydrogen (secondary N) is 1. The average molecular weight is 563 g/mol. The highest BCUT2D eigenvalue weighted by Crippen LogP contribution is 2.45. The number of nitrogens with zero attached hydrogens (tertiary/aromatic N) is 2. The molecule has 2 atom stereocenters. The van der Waals surface area contributed by atoms with Gasteiger partial charge in [0.25, 0.3) is 5.56 Å². The molecular formula is C26H29BrClN3O4. The van der Waals surface area contributed by atoms with Crippen LogP contribution in [0.4, 0.5) is 0 Å². The van der Waals surface area contributed by atoms with Gasteiger partial charge in [0.2, 0.25) is 0 Å². The molecule has 0 aliphatic carbocycles. The molecule has 0 amide bonds. The fourth-order valence-electron chi connectivity index (χ4n) is 4.80. The van der Waals surface area contributed by atoms with Crippen LogP contribution in [0.3, 0.4) is 0 Å². The first-order valence-corrected chi connectivity index (χ1v) is 12.8. The molecule has 1 aliphatic heterocycles. The number of ether oxygens (including phenoxy) is 2. The molecule has 1 N–H and O–H groups in total. The lowest BCUT2D eigenvalue weighted by Crippen LogP contribution is -2.43. The minimum atomic E-state index is -0.362. The van der Waals surface area contributed by atoms with E-state index in [2.05, 4.69) is 38.8 Å². The quantitative estimate of drug-likeness (QED) is 0.391. The van der Waals surface area contributed by atoms with Crippen LogP contribution in [0.5, 0.6) is 17.2 Å². The number of methoxy groups -OCH3 is 1. The Morgan fingerprint density at radius 3 is 2.74 bits per heavy atom. The Bertz CT molecular complexity index is 1320. The number of aromatic nitrogens is 2. The van der Waals surface area contributed by atoms with Gasteiger partial charge in [-0.25, -0.2) is 4.79 Å². The second-order valence-electron chi connectivity index (χ2n) is 8.75. The van der Waals surface area contributed by atoms with Crippen molar-refractivity contribution in [2.24, 2.45) is 0 Å².